The molecule has 1 rings (SSSR count). The molecule has 0 aromatic rings. The second kappa shape index (κ2) is 2.08. The summed E-state index contributed by atoms with van der Waals surface area (Å²) in [6.07, 6.45) is 5.74. The maximum Gasteiger partial charge on any atom is -0.00652 e. The summed E-state index contributed by atoms with van der Waals surface area (Å²) in [5.74, 6) is 0. The van der Waals surface area contributed by atoms with Gasteiger partial charge in [-0.3, -0.25) is 0 Å². The zero-order chi connectivity index (χ0) is 4.24. The molecule has 0 aliphatic carbocycles. The molecule has 0 N–H and O–H groups in total. The Labute approximate surface area is 40.3 Å². The fraction of sp³-hybridized carbons (Fsp3) is 0.400. The highest BCUT2D eigenvalue weighted by Gasteiger charge is 1.78. The van der Waals surface area contributed by atoms with Gasteiger partial charge < -0.3 is 0 Å². The maximum atomic E-state index is 2.30. The minimum Gasteiger partial charge on any atom is -0.0854 e. The van der Waals surface area contributed by atoms with Gasteiger partial charge in [0, 0.05) is 0 Å². The lowest BCUT2D eigenvalue weighted by atomic mass is 10.4. The van der Waals surface area contributed by atoms with Crippen molar-refractivity contribution in [2.75, 3.05) is 0 Å². The average Bonchev–Trinajstić information content (AvgIpc) is 1.72. The largest absolute Gasteiger partial charge is 0.0854 e. The lowest BCUT2D eigenvalue weighted by Gasteiger charge is -1.87. The van der Waals surface area contributed by atoms with E-state index in [9.17, 15) is 0 Å². The molecule has 0 spiro atoms. The minimum absolute atomic E-state index is 0.693. The molecular weight excluding hydrogens is 88.1 g/mol. The van der Waals surface area contributed by atoms with E-state index in [-0.39, 0.29) is 0 Å². The molecule has 0 radical (unpaired) electrons. The molecule has 32 valence electrons. The Balaban J connectivity index is 2.46. The van der Waals surface area contributed by atoms with Crippen LogP contribution in [0.1, 0.15) is 6.42 Å². The molecule has 1 aliphatic heterocycles. The van der Waals surface area contributed by atoms with Crippen molar-refractivity contribution in [3.63, 3.8) is 0 Å². The van der Waals surface area contributed by atoms with Gasteiger partial charge in [-0.1, -0.05) is 17.8 Å². The molecule has 0 unspecified atom stereocenters. The summed E-state index contributed by atoms with van der Waals surface area (Å²) >= 11 is 0. The van der Waals surface area contributed by atoms with Crippen LogP contribution in [0.5, 0.6) is 0 Å². The predicted molar refractivity (Wildman–Crippen MR) is 31.8 cm³/mol. The van der Waals surface area contributed by atoms with Gasteiger partial charge in [0.05, 0.1) is 0 Å². The smallest absolute Gasteiger partial charge is 0.00652 e. The van der Waals surface area contributed by atoms with E-state index < -0.39 is 0 Å². The Morgan fingerprint density at radius 2 is 2.50 bits per heavy atom. The standard InChI is InChI=1S/C5H8Si/c1-2-4-6-5-3-1/h1-2,4,6H,3,5H2. The van der Waals surface area contributed by atoms with Crippen LogP contribution in [-0.4, -0.2) is 14.8 Å². The Morgan fingerprint density at radius 1 is 1.50 bits per heavy atom. The van der Waals surface area contributed by atoms with E-state index in [0.717, 1.165) is 0 Å². The summed E-state index contributed by atoms with van der Waals surface area (Å²) in [6.45, 7) is 0. The van der Waals surface area contributed by atoms with Crippen LogP contribution in [0, 0.1) is 0 Å². The lowest BCUT2D eigenvalue weighted by molar-refractivity contribution is 1.21. The van der Waals surface area contributed by atoms with E-state index in [1.807, 2.05) is 0 Å². The Morgan fingerprint density at radius 3 is 2.67 bits per heavy atom. The molecule has 1 aliphatic rings. The molecule has 0 aromatic carbocycles. The van der Waals surface area contributed by atoms with Gasteiger partial charge in [0.1, 0.15) is 0 Å². The van der Waals surface area contributed by atoms with Crippen molar-refractivity contribution in [2.24, 2.45) is 0 Å². The molecule has 0 saturated heterocycles. The summed E-state index contributed by atoms with van der Waals surface area (Å²) < 4.78 is 0. The molecular formula is C5H8Si. The van der Waals surface area contributed by atoms with E-state index in [1.165, 1.54) is 12.5 Å². The molecule has 1 heteroatoms. The first-order valence-corrected chi connectivity index (χ1v) is 3.80. The van der Waals surface area contributed by atoms with Crippen LogP contribution < -0.4 is 0 Å². The summed E-state index contributed by atoms with van der Waals surface area (Å²) in [6, 6.07) is 1.44. The minimum atomic E-state index is 0.693. The zero-order valence-corrected chi connectivity index (χ0v) is 4.88. The van der Waals surface area contributed by atoms with Crippen molar-refractivity contribution in [1.29, 1.82) is 0 Å². The zero-order valence-electron chi connectivity index (χ0n) is 3.72. The van der Waals surface area contributed by atoms with E-state index in [1.54, 1.807) is 0 Å². The third kappa shape index (κ3) is 0.901. The first-order chi connectivity index (χ1) is 3.00. The fourth-order valence-electron chi connectivity index (χ4n) is 0.542. The third-order valence-corrected chi connectivity index (χ3v) is 2.04. The third-order valence-electron chi connectivity index (χ3n) is 0.883. The van der Waals surface area contributed by atoms with Gasteiger partial charge in [0.25, 0.3) is 0 Å². The van der Waals surface area contributed by atoms with Crippen LogP contribution in [0.25, 0.3) is 0 Å². The SMILES string of the molecule is C1=CCC[SiH]=C1. The highest BCUT2D eigenvalue weighted by Crippen LogP contribution is 1.89. The molecule has 0 fully saturated rings. The number of allylic oxidation sites excluding steroid dienone is 2. The first kappa shape index (κ1) is 4.00. The highest BCUT2D eigenvalue weighted by molar-refractivity contribution is 6.49. The summed E-state index contributed by atoms with van der Waals surface area (Å²) in [5.41, 5.74) is 2.30. The van der Waals surface area contributed by atoms with Gasteiger partial charge >= 0.3 is 0 Å². The van der Waals surface area contributed by atoms with Crippen LogP contribution in [0.15, 0.2) is 12.2 Å². The quantitative estimate of drug-likeness (QED) is 0.387. The molecule has 1 heterocycles. The topological polar surface area (TPSA) is 0 Å². The van der Waals surface area contributed by atoms with Crippen molar-refractivity contribution in [1.82, 2.24) is 0 Å². The van der Waals surface area contributed by atoms with E-state index in [4.69, 9.17) is 0 Å². The second-order valence-electron chi connectivity index (χ2n) is 1.43. The number of rotatable bonds is 0. The van der Waals surface area contributed by atoms with Crippen LogP contribution in [0.4, 0.5) is 0 Å². The van der Waals surface area contributed by atoms with E-state index in [0.29, 0.717) is 9.13 Å². The summed E-state index contributed by atoms with van der Waals surface area (Å²) in [4.78, 5) is 0. The predicted octanol–water partition coefficient (Wildman–Crippen LogP) is 0.603. The molecule has 0 atom stereocenters. The molecule has 0 amide bonds. The Hall–Kier alpha value is -0.173. The van der Waals surface area contributed by atoms with Gasteiger partial charge in [0.2, 0.25) is 0 Å². The van der Waals surface area contributed by atoms with Crippen molar-refractivity contribution >= 4 is 14.8 Å². The van der Waals surface area contributed by atoms with Crippen molar-refractivity contribution in [2.45, 2.75) is 12.5 Å². The van der Waals surface area contributed by atoms with Crippen LogP contribution in [0.3, 0.4) is 0 Å². The van der Waals surface area contributed by atoms with Gasteiger partial charge in [-0.15, -0.1) is 0 Å². The molecule has 0 aromatic heterocycles. The average molecular weight is 96.2 g/mol. The normalized spacial score (nSPS) is 18.7. The lowest BCUT2D eigenvalue weighted by Crippen LogP contribution is -1.84. The van der Waals surface area contributed by atoms with E-state index in [2.05, 4.69) is 17.8 Å². The van der Waals surface area contributed by atoms with E-state index >= 15 is 0 Å². The summed E-state index contributed by atoms with van der Waals surface area (Å²) in [7, 11) is 0.693. The Kier molecular flexibility index (Phi) is 1.39. The van der Waals surface area contributed by atoms with Gasteiger partial charge in [0.15, 0.2) is 0 Å². The van der Waals surface area contributed by atoms with Crippen molar-refractivity contribution < 1.29 is 0 Å². The van der Waals surface area contributed by atoms with Crippen LogP contribution >= 0.6 is 0 Å². The molecule has 0 nitrogen and oxygen atoms in total. The fourth-order valence-corrected chi connectivity index (χ4v) is 1.43. The van der Waals surface area contributed by atoms with Gasteiger partial charge in [-0.05, 0) is 21.6 Å². The van der Waals surface area contributed by atoms with Gasteiger partial charge in [-0.2, -0.15) is 0 Å². The molecule has 6 heavy (non-hydrogen) atoms. The monoisotopic (exact) mass is 96.0 g/mol. The molecule has 0 bridgehead atoms. The first-order valence-electron chi connectivity index (χ1n) is 2.32. The van der Waals surface area contributed by atoms with Crippen molar-refractivity contribution in [3.8, 4) is 0 Å². The maximum absolute atomic E-state index is 2.30. The van der Waals surface area contributed by atoms with Crippen molar-refractivity contribution in [3.05, 3.63) is 12.2 Å². The molecule has 0 saturated carbocycles. The summed E-state index contributed by atoms with van der Waals surface area (Å²) in [5, 5.41) is 0. The Bertz CT molecular complexity index is 69.9. The number of hydrogen-bond acceptors (Lipinski definition) is 0. The number of hydrogen-bond donors (Lipinski definition) is 0. The second-order valence-corrected chi connectivity index (χ2v) is 2.87. The highest BCUT2D eigenvalue weighted by atomic mass is 28.2. The van der Waals surface area contributed by atoms with Crippen LogP contribution in [-0.2, 0) is 0 Å². The van der Waals surface area contributed by atoms with Crippen LogP contribution in [0.2, 0.25) is 6.04 Å². The van der Waals surface area contributed by atoms with Gasteiger partial charge in [-0.25, -0.2) is 0 Å².